The van der Waals surface area contributed by atoms with Gasteiger partial charge in [-0.2, -0.15) is 0 Å². The van der Waals surface area contributed by atoms with Crippen LogP contribution in [0.3, 0.4) is 0 Å². The molecule has 1 N–H and O–H groups in total. The largest absolute Gasteiger partial charge is 0.255 e. The summed E-state index contributed by atoms with van der Waals surface area (Å²) in [5.74, 6) is 0. The number of aryl methyl sites for hydroxylation is 1. The molecular weight excluding hydrogens is 166 g/mol. The Morgan fingerprint density at radius 3 is 2.83 bits per heavy atom. The highest BCUT2D eigenvalue weighted by atomic mass is 32.2. The van der Waals surface area contributed by atoms with Crippen molar-refractivity contribution in [2.45, 2.75) is 32.2 Å². The molecule has 2 heteroatoms. The van der Waals surface area contributed by atoms with Crippen LogP contribution in [0.4, 0.5) is 0 Å². The first-order chi connectivity index (χ1) is 5.86. The molecule has 0 aliphatic carbocycles. The lowest BCUT2D eigenvalue weighted by atomic mass is 10.1. The molecule has 0 saturated carbocycles. The van der Waals surface area contributed by atoms with Crippen LogP contribution in [0.1, 0.15) is 25.0 Å². The van der Waals surface area contributed by atoms with Gasteiger partial charge < -0.3 is 0 Å². The zero-order valence-electron chi connectivity index (χ0n) is 7.85. The topological polar surface area (TPSA) is 12.0 Å². The first kappa shape index (κ1) is 9.62. The number of hydrogen-bond donors (Lipinski definition) is 1. The van der Waals surface area contributed by atoms with Gasteiger partial charge in [0.25, 0.3) is 0 Å². The van der Waals surface area contributed by atoms with Crippen LogP contribution in [-0.2, 0) is 6.54 Å². The highest BCUT2D eigenvalue weighted by Crippen LogP contribution is 2.27. The minimum Gasteiger partial charge on any atom is -0.255 e. The number of hydrogen-bond acceptors (Lipinski definition) is 2. The summed E-state index contributed by atoms with van der Waals surface area (Å²) < 4.78 is 3.23. The second kappa shape index (κ2) is 4.53. The van der Waals surface area contributed by atoms with Gasteiger partial charge in [0.15, 0.2) is 0 Å². The van der Waals surface area contributed by atoms with E-state index in [1.54, 1.807) is 11.9 Å². The molecular formula is C10H15NS. The number of nitrogens with one attached hydrogen (secondary N) is 1. The minimum absolute atomic E-state index is 1.01. The Bertz CT molecular complexity index is 258. The van der Waals surface area contributed by atoms with Crippen molar-refractivity contribution in [2.75, 3.05) is 0 Å². The lowest BCUT2D eigenvalue weighted by Gasteiger charge is -1.95. The van der Waals surface area contributed by atoms with Crippen LogP contribution in [0, 0.1) is 6.92 Å². The third kappa shape index (κ3) is 2.02. The number of fused-ring (bicyclic) bond motifs is 1. The van der Waals surface area contributed by atoms with E-state index in [9.17, 15) is 0 Å². The third-order valence-electron chi connectivity index (χ3n) is 1.67. The quantitative estimate of drug-likeness (QED) is 0.617. The molecule has 1 aliphatic heterocycles. The Morgan fingerprint density at radius 1 is 1.33 bits per heavy atom. The van der Waals surface area contributed by atoms with E-state index in [1.165, 1.54) is 16.0 Å². The van der Waals surface area contributed by atoms with Crippen LogP contribution in [0.2, 0.25) is 0 Å². The lowest BCUT2D eigenvalue weighted by molar-refractivity contribution is 0.992. The molecule has 1 aliphatic rings. The molecule has 0 bridgehead atoms. The van der Waals surface area contributed by atoms with Crippen molar-refractivity contribution in [3.8, 4) is 0 Å². The van der Waals surface area contributed by atoms with Gasteiger partial charge in [-0.25, -0.2) is 0 Å². The molecule has 0 aromatic heterocycles. The van der Waals surface area contributed by atoms with Gasteiger partial charge >= 0.3 is 0 Å². The van der Waals surface area contributed by atoms with Gasteiger partial charge in [0.2, 0.25) is 0 Å². The Labute approximate surface area is 78.7 Å². The zero-order chi connectivity index (χ0) is 8.97. The summed E-state index contributed by atoms with van der Waals surface area (Å²) in [5, 5.41) is 0. The fourth-order valence-electron chi connectivity index (χ4n) is 1.09. The molecule has 0 unspecified atom stereocenters. The summed E-state index contributed by atoms with van der Waals surface area (Å²) in [6.07, 6.45) is 0. The smallest absolute Gasteiger partial charge is 0.0324 e. The van der Waals surface area contributed by atoms with E-state index in [0.29, 0.717) is 0 Å². The summed E-state index contributed by atoms with van der Waals surface area (Å²) in [6.45, 7) is 7.14. The molecule has 12 heavy (non-hydrogen) atoms. The Balaban J connectivity index is 0.000000336. The molecule has 0 radical (unpaired) electrons. The van der Waals surface area contributed by atoms with Crippen molar-refractivity contribution in [3.63, 3.8) is 0 Å². The summed E-state index contributed by atoms with van der Waals surface area (Å²) >= 11 is 1.73. The van der Waals surface area contributed by atoms with Crippen molar-refractivity contribution >= 4 is 11.9 Å². The molecule has 0 amide bonds. The first-order valence-corrected chi connectivity index (χ1v) is 5.17. The predicted molar refractivity (Wildman–Crippen MR) is 55.2 cm³/mol. The minimum atomic E-state index is 1.01. The summed E-state index contributed by atoms with van der Waals surface area (Å²) in [6, 6.07) is 6.57. The molecule has 1 aromatic rings. The van der Waals surface area contributed by atoms with E-state index < -0.39 is 0 Å². The van der Waals surface area contributed by atoms with Gasteiger partial charge in [-0.15, -0.1) is 0 Å². The number of rotatable bonds is 0. The summed E-state index contributed by atoms with van der Waals surface area (Å²) in [4.78, 5) is 1.39. The summed E-state index contributed by atoms with van der Waals surface area (Å²) in [7, 11) is 0. The zero-order valence-corrected chi connectivity index (χ0v) is 8.66. The number of benzene rings is 1. The summed E-state index contributed by atoms with van der Waals surface area (Å²) in [5.41, 5.74) is 2.77. The lowest BCUT2D eigenvalue weighted by Crippen LogP contribution is -1.91. The van der Waals surface area contributed by atoms with Crippen LogP contribution >= 0.6 is 11.9 Å². The van der Waals surface area contributed by atoms with Gasteiger partial charge in [0, 0.05) is 11.4 Å². The highest BCUT2D eigenvalue weighted by molar-refractivity contribution is 7.97. The van der Waals surface area contributed by atoms with Crippen LogP contribution < -0.4 is 4.72 Å². The van der Waals surface area contributed by atoms with Crippen molar-refractivity contribution in [1.82, 2.24) is 4.72 Å². The molecule has 1 aromatic carbocycles. The Morgan fingerprint density at radius 2 is 2.08 bits per heavy atom. The van der Waals surface area contributed by atoms with Gasteiger partial charge in [-0.3, -0.25) is 4.72 Å². The van der Waals surface area contributed by atoms with Gasteiger partial charge in [0.05, 0.1) is 0 Å². The molecule has 66 valence electrons. The van der Waals surface area contributed by atoms with Crippen molar-refractivity contribution < 1.29 is 0 Å². The van der Waals surface area contributed by atoms with Crippen molar-refractivity contribution in [2.24, 2.45) is 0 Å². The molecule has 1 nitrogen and oxygen atoms in total. The second-order valence-electron chi connectivity index (χ2n) is 2.53. The molecule has 0 saturated heterocycles. The van der Waals surface area contributed by atoms with E-state index in [0.717, 1.165) is 6.54 Å². The van der Waals surface area contributed by atoms with E-state index in [2.05, 4.69) is 29.8 Å². The normalized spacial score (nSPS) is 13.2. The molecule has 0 fully saturated rings. The van der Waals surface area contributed by atoms with E-state index >= 15 is 0 Å². The highest BCUT2D eigenvalue weighted by Gasteiger charge is 2.09. The molecule has 2 rings (SSSR count). The molecule has 0 atom stereocenters. The maximum atomic E-state index is 3.23. The van der Waals surface area contributed by atoms with Crippen LogP contribution in [0.5, 0.6) is 0 Å². The van der Waals surface area contributed by atoms with Crippen LogP contribution in [0.15, 0.2) is 23.1 Å². The third-order valence-corrected chi connectivity index (χ3v) is 2.56. The fourth-order valence-corrected chi connectivity index (χ4v) is 1.99. The van der Waals surface area contributed by atoms with E-state index in [4.69, 9.17) is 0 Å². The average Bonchev–Trinajstić information content (AvgIpc) is 2.54. The SMILES string of the molecule is CC.Cc1ccc2c(c1)SNC2. The predicted octanol–water partition coefficient (Wildman–Crippen LogP) is 3.13. The first-order valence-electron chi connectivity index (χ1n) is 4.35. The van der Waals surface area contributed by atoms with E-state index in [-0.39, 0.29) is 0 Å². The monoisotopic (exact) mass is 181 g/mol. The molecule has 1 heterocycles. The molecule has 0 spiro atoms. The van der Waals surface area contributed by atoms with Crippen LogP contribution in [0.25, 0.3) is 0 Å². The van der Waals surface area contributed by atoms with Gasteiger partial charge in [-0.1, -0.05) is 26.0 Å². The van der Waals surface area contributed by atoms with Crippen molar-refractivity contribution in [3.05, 3.63) is 29.3 Å². The van der Waals surface area contributed by atoms with Crippen molar-refractivity contribution in [1.29, 1.82) is 0 Å². The Kier molecular flexibility index (Phi) is 3.63. The fraction of sp³-hybridized carbons (Fsp3) is 0.400. The van der Waals surface area contributed by atoms with Gasteiger partial charge in [0.1, 0.15) is 0 Å². The second-order valence-corrected chi connectivity index (χ2v) is 3.47. The Hall–Kier alpha value is -0.470. The van der Waals surface area contributed by atoms with E-state index in [1.807, 2.05) is 13.8 Å². The van der Waals surface area contributed by atoms with Crippen LogP contribution in [-0.4, -0.2) is 0 Å². The van der Waals surface area contributed by atoms with Gasteiger partial charge in [-0.05, 0) is 36.1 Å². The average molecular weight is 181 g/mol. The standard InChI is InChI=1S/C8H9NS.C2H6/c1-6-2-3-7-5-9-10-8(7)4-6;1-2/h2-4,9H,5H2,1H3;1-2H3. The maximum absolute atomic E-state index is 3.23. The maximum Gasteiger partial charge on any atom is 0.0324 e.